The van der Waals surface area contributed by atoms with Crippen LogP contribution >= 0.6 is 11.6 Å². The van der Waals surface area contributed by atoms with E-state index in [1.807, 2.05) is 25.1 Å². The van der Waals surface area contributed by atoms with E-state index in [9.17, 15) is 9.90 Å². The molecule has 0 bridgehead atoms. The van der Waals surface area contributed by atoms with Crippen molar-refractivity contribution >= 4 is 28.9 Å². The molecule has 0 radical (unpaired) electrons. The lowest BCUT2D eigenvalue weighted by Gasteiger charge is -2.13. The number of aliphatic hydroxyl groups is 1. The van der Waals surface area contributed by atoms with Crippen LogP contribution in [0.25, 0.3) is 0 Å². The van der Waals surface area contributed by atoms with Crippen LogP contribution in [-0.4, -0.2) is 29.5 Å². The minimum atomic E-state index is -0.564. The van der Waals surface area contributed by atoms with Crippen molar-refractivity contribution in [3.8, 4) is 0 Å². The number of rotatable bonds is 8. The number of alkyl halides is 1. The molecule has 0 aliphatic rings. The Balaban J connectivity index is 2.57. The molecule has 0 aliphatic carbocycles. The number of unbranched alkanes of at least 4 members (excludes halogenated alkanes) is 1. The van der Waals surface area contributed by atoms with Gasteiger partial charge in [-0.3, -0.25) is 4.79 Å². The first-order chi connectivity index (χ1) is 9.56. The average molecular weight is 299 g/mol. The molecule has 0 saturated heterocycles. The highest BCUT2D eigenvalue weighted by molar-refractivity contribution is 6.18. The summed E-state index contributed by atoms with van der Waals surface area (Å²) in [5, 5.41) is 15.4. The third-order valence-corrected chi connectivity index (χ3v) is 3.33. The number of carbonyl (C=O) groups is 1. The molecule has 1 aromatic carbocycles. The fourth-order valence-corrected chi connectivity index (χ4v) is 1.86. The van der Waals surface area contributed by atoms with Crippen LogP contribution in [0.3, 0.4) is 0 Å². The van der Waals surface area contributed by atoms with E-state index in [1.54, 1.807) is 0 Å². The quantitative estimate of drug-likeness (QED) is 0.646. The average Bonchev–Trinajstić information content (AvgIpc) is 2.45. The molecule has 1 atom stereocenters. The Morgan fingerprint density at radius 2 is 2.20 bits per heavy atom. The second-order valence-electron chi connectivity index (χ2n) is 4.87. The van der Waals surface area contributed by atoms with Gasteiger partial charge in [-0.1, -0.05) is 13.3 Å². The van der Waals surface area contributed by atoms with Gasteiger partial charge in [0.1, 0.15) is 0 Å². The third kappa shape index (κ3) is 5.80. The lowest BCUT2D eigenvalue weighted by atomic mass is 10.1. The third-order valence-electron chi connectivity index (χ3n) is 2.98. The number of nitrogens with one attached hydrogen (secondary N) is 2. The molecule has 0 aliphatic heterocycles. The minimum absolute atomic E-state index is 0.0493. The molecule has 0 spiro atoms. The SMILES string of the molecule is CCCCC(=O)Nc1ccc(NCC(O)CCl)cc1C. The van der Waals surface area contributed by atoms with Crippen molar-refractivity contribution in [3.63, 3.8) is 0 Å². The molecular weight excluding hydrogens is 276 g/mol. The first kappa shape index (κ1) is 16.8. The second-order valence-corrected chi connectivity index (χ2v) is 5.18. The highest BCUT2D eigenvalue weighted by Gasteiger charge is 2.06. The summed E-state index contributed by atoms with van der Waals surface area (Å²) < 4.78 is 0. The van der Waals surface area contributed by atoms with Crippen LogP contribution in [-0.2, 0) is 4.79 Å². The molecule has 3 N–H and O–H groups in total. The van der Waals surface area contributed by atoms with Crippen molar-refractivity contribution in [2.45, 2.75) is 39.2 Å². The molecule has 1 amide bonds. The predicted octanol–water partition coefficient (Wildman–Crippen LogP) is 3.14. The molecule has 0 saturated carbocycles. The zero-order valence-corrected chi connectivity index (χ0v) is 12.8. The van der Waals surface area contributed by atoms with Crippen LogP contribution in [0.1, 0.15) is 31.7 Å². The number of hydrogen-bond acceptors (Lipinski definition) is 3. The predicted molar refractivity (Wildman–Crippen MR) is 84.6 cm³/mol. The molecule has 4 nitrogen and oxygen atoms in total. The largest absolute Gasteiger partial charge is 0.390 e. The first-order valence-electron chi connectivity index (χ1n) is 6.95. The Morgan fingerprint density at radius 1 is 1.45 bits per heavy atom. The van der Waals surface area contributed by atoms with Gasteiger partial charge in [0.05, 0.1) is 12.0 Å². The molecule has 5 heteroatoms. The summed E-state index contributed by atoms with van der Waals surface area (Å²) in [6, 6.07) is 5.69. The zero-order valence-electron chi connectivity index (χ0n) is 12.1. The summed E-state index contributed by atoms with van der Waals surface area (Å²) in [6.07, 6.45) is 1.90. The van der Waals surface area contributed by atoms with Crippen molar-refractivity contribution in [1.29, 1.82) is 0 Å². The molecule has 112 valence electrons. The highest BCUT2D eigenvalue weighted by Crippen LogP contribution is 2.20. The highest BCUT2D eigenvalue weighted by atomic mass is 35.5. The van der Waals surface area contributed by atoms with Gasteiger partial charge >= 0.3 is 0 Å². The van der Waals surface area contributed by atoms with E-state index in [1.165, 1.54) is 0 Å². The monoisotopic (exact) mass is 298 g/mol. The molecular formula is C15H23ClN2O2. The summed E-state index contributed by atoms with van der Waals surface area (Å²) in [6.45, 7) is 4.41. The topological polar surface area (TPSA) is 61.4 Å². The number of carbonyl (C=O) groups excluding carboxylic acids is 1. The van der Waals surface area contributed by atoms with Gasteiger partial charge in [-0.05, 0) is 37.1 Å². The Hall–Kier alpha value is -1.26. The van der Waals surface area contributed by atoms with Crippen molar-refractivity contribution in [2.24, 2.45) is 0 Å². The standard InChI is InChI=1S/C15H23ClN2O2/c1-3-4-5-15(20)18-14-7-6-12(8-11(14)2)17-10-13(19)9-16/h6-8,13,17,19H,3-5,9-10H2,1-2H3,(H,18,20). The van der Waals surface area contributed by atoms with Crippen LogP contribution in [0.5, 0.6) is 0 Å². The maximum absolute atomic E-state index is 11.7. The van der Waals surface area contributed by atoms with Crippen LogP contribution < -0.4 is 10.6 Å². The fraction of sp³-hybridized carbons (Fsp3) is 0.533. The van der Waals surface area contributed by atoms with E-state index in [2.05, 4.69) is 17.6 Å². The number of hydrogen-bond donors (Lipinski definition) is 3. The Bertz CT molecular complexity index is 438. The maximum atomic E-state index is 11.7. The summed E-state index contributed by atoms with van der Waals surface area (Å²) in [5.74, 6) is 0.255. The minimum Gasteiger partial charge on any atom is -0.390 e. The van der Waals surface area contributed by atoms with E-state index in [-0.39, 0.29) is 11.8 Å². The Labute approximate surface area is 125 Å². The van der Waals surface area contributed by atoms with Crippen molar-refractivity contribution < 1.29 is 9.90 Å². The van der Waals surface area contributed by atoms with Crippen molar-refractivity contribution in [3.05, 3.63) is 23.8 Å². The Morgan fingerprint density at radius 3 is 2.80 bits per heavy atom. The van der Waals surface area contributed by atoms with E-state index in [4.69, 9.17) is 11.6 Å². The molecule has 1 unspecified atom stereocenters. The van der Waals surface area contributed by atoms with Crippen LogP contribution in [0.2, 0.25) is 0 Å². The molecule has 0 aromatic heterocycles. The van der Waals surface area contributed by atoms with Gasteiger partial charge in [0, 0.05) is 24.3 Å². The van der Waals surface area contributed by atoms with E-state index >= 15 is 0 Å². The van der Waals surface area contributed by atoms with Gasteiger partial charge in [-0.25, -0.2) is 0 Å². The first-order valence-corrected chi connectivity index (χ1v) is 7.48. The van der Waals surface area contributed by atoms with Gasteiger partial charge in [0.2, 0.25) is 5.91 Å². The van der Waals surface area contributed by atoms with Gasteiger partial charge in [0.15, 0.2) is 0 Å². The summed E-state index contributed by atoms with van der Waals surface area (Å²) >= 11 is 5.54. The van der Waals surface area contributed by atoms with Crippen LogP contribution in [0.4, 0.5) is 11.4 Å². The number of halogens is 1. The van der Waals surface area contributed by atoms with Gasteiger partial charge in [-0.15, -0.1) is 11.6 Å². The molecule has 0 heterocycles. The smallest absolute Gasteiger partial charge is 0.224 e. The molecule has 0 fully saturated rings. The van der Waals surface area contributed by atoms with Gasteiger partial charge in [-0.2, -0.15) is 0 Å². The van der Waals surface area contributed by atoms with E-state index in [0.717, 1.165) is 29.8 Å². The number of aliphatic hydroxyl groups excluding tert-OH is 1. The van der Waals surface area contributed by atoms with E-state index < -0.39 is 6.10 Å². The summed E-state index contributed by atoms with van der Waals surface area (Å²) in [7, 11) is 0. The maximum Gasteiger partial charge on any atom is 0.224 e. The van der Waals surface area contributed by atoms with Crippen molar-refractivity contribution in [2.75, 3.05) is 23.1 Å². The summed E-state index contributed by atoms with van der Waals surface area (Å²) in [4.78, 5) is 11.7. The fourth-order valence-electron chi connectivity index (χ4n) is 1.75. The number of anilines is 2. The second kappa shape index (κ2) is 8.82. The van der Waals surface area contributed by atoms with Gasteiger partial charge in [0.25, 0.3) is 0 Å². The molecule has 20 heavy (non-hydrogen) atoms. The number of amides is 1. The van der Waals surface area contributed by atoms with Gasteiger partial charge < -0.3 is 15.7 Å². The van der Waals surface area contributed by atoms with Crippen LogP contribution in [0.15, 0.2) is 18.2 Å². The van der Waals surface area contributed by atoms with E-state index in [0.29, 0.717) is 13.0 Å². The molecule has 1 aromatic rings. The number of benzene rings is 1. The van der Waals surface area contributed by atoms with Crippen molar-refractivity contribution in [1.82, 2.24) is 0 Å². The molecule has 1 rings (SSSR count). The lowest BCUT2D eigenvalue weighted by Crippen LogP contribution is -2.20. The van der Waals surface area contributed by atoms with Crippen LogP contribution in [0, 0.1) is 6.92 Å². The normalized spacial score (nSPS) is 12.0. The lowest BCUT2D eigenvalue weighted by molar-refractivity contribution is -0.116. The number of aryl methyl sites for hydroxylation is 1. The Kier molecular flexibility index (Phi) is 7.41. The zero-order chi connectivity index (χ0) is 15.0. The summed E-state index contributed by atoms with van der Waals surface area (Å²) in [5.41, 5.74) is 2.72.